The first-order valence-electron chi connectivity index (χ1n) is 10.6. The number of benzene rings is 1. The van der Waals surface area contributed by atoms with Gasteiger partial charge in [0.25, 0.3) is 0 Å². The van der Waals surface area contributed by atoms with Gasteiger partial charge < -0.3 is 18.9 Å². The zero-order chi connectivity index (χ0) is 24.2. The van der Waals surface area contributed by atoms with E-state index in [1.807, 2.05) is 0 Å². The van der Waals surface area contributed by atoms with Crippen molar-refractivity contribution >= 4 is 39.7 Å². The van der Waals surface area contributed by atoms with E-state index in [-0.39, 0.29) is 18.6 Å². The minimum Gasteiger partial charge on any atom is -0.457 e. The molecule has 2 fully saturated rings. The number of carbonyl (C=O) groups excluding carboxylic acids is 4. The van der Waals surface area contributed by atoms with Gasteiger partial charge in [-0.3, -0.25) is 14.4 Å². The number of halogens is 1. The maximum atomic E-state index is 13.4. The van der Waals surface area contributed by atoms with E-state index in [1.165, 1.54) is 7.11 Å². The first kappa shape index (κ1) is 25.1. The van der Waals surface area contributed by atoms with Crippen molar-refractivity contribution in [3.63, 3.8) is 0 Å². The zero-order valence-corrected chi connectivity index (χ0v) is 20.3. The predicted molar refractivity (Wildman–Crippen MR) is 118 cm³/mol. The molecule has 180 valence electrons. The van der Waals surface area contributed by atoms with Gasteiger partial charge in [-0.1, -0.05) is 28.1 Å². The van der Waals surface area contributed by atoms with Crippen LogP contribution in [0.5, 0.6) is 0 Å². The van der Waals surface area contributed by atoms with Gasteiger partial charge in [-0.25, -0.2) is 15.2 Å². The van der Waals surface area contributed by atoms with Crippen LogP contribution in [0.15, 0.2) is 28.7 Å². The molecule has 0 bridgehead atoms. The minimum atomic E-state index is -1.08. The third-order valence-electron chi connectivity index (χ3n) is 5.64. The van der Waals surface area contributed by atoms with Crippen LogP contribution in [-0.4, -0.2) is 67.5 Å². The molecule has 0 radical (unpaired) electrons. The second-order valence-electron chi connectivity index (χ2n) is 8.17. The van der Waals surface area contributed by atoms with Crippen LogP contribution in [0, 0.1) is 11.8 Å². The van der Waals surface area contributed by atoms with Crippen molar-refractivity contribution in [1.29, 1.82) is 0 Å². The molecule has 1 aromatic rings. The second kappa shape index (κ2) is 10.6. The first-order chi connectivity index (χ1) is 15.7. The maximum Gasteiger partial charge on any atom is 0.425 e. The summed E-state index contributed by atoms with van der Waals surface area (Å²) in [4.78, 5) is 50.5. The van der Waals surface area contributed by atoms with Crippen LogP contribution in [0.4, 0.5) is 4.79 Å². The monoisotopic (exact) mass is 526 g/mol. The number of methoxy groups -OCH3 is 1. The lowest BCUT2D eigenvalue weighted by atomic mass is 9.94. The molecule has 1 saturated heterocycles. The van der Waals surface area contributed by atoms with E-state index in [1.54, 1.807) is 38.1 Å². The molecule has 11 heteroatoms. The van der Waals surface area contributed by atoms with Crippen molar-refractivity contribution in [2.75, 3.05) is 26.9 Å². The van der Waals surface area contributed by atoms with Crippen molar-refractivity contribution < 1.29 is 38.1 Å². The molecule has 1 aliphatic heterocycles. The van der Waals surface area contributed by atoms with Gasteiger partial charge >= 0.3 is 12.1 Å². The number of hydrazine groups is 1. The number of ether oxygens (including phenoxy) is 4. The fraction of sp³-hybridized carbons (Fsp3) is 0.545. The number of ketones is 1. The molecule has 1 saturated carbocycles. The quantitative estimate of drug-likeness (QED) is 0.341. The summed E-state index contributed by atoms with van der Waals surface area (Å²) in [6.45, 7) is 3.66. The lowest BCUT2D eigenvalue weighted by Crippen LogP contribution is -2.53. The summed E-state index contributed by atoms with van der Waals surface area (Å²) in [5.74, 6) is -4.42. The summed E-state index contributed by atoms with van der Waals surface area (Å²) in [6.07, 6.45) is -0.575. The molecule has 2 amide bonds. The number of nitrogens with zero attached hydrogens (tertiary/aromatic N) is 1. The highest BCUT2D eigenvalue weighted by Gasteiger charge is 2.56. The van der Waals surface area contributed by atoms with Crippen LogP contribution in [0.25, 0.3) is 0 Å². The molecule has 2 atom stereocenters. The third-order valence-corrected chi connectivity index (χ3v) is 6.17. The molecule has 1 aromatic carbocycles. The minimum absolute atomic E-state index is 0.110. The Hall–Kier alpha value is -2.50. The van der Waals surface area contributed by atoms with E-state index in [4.69, 9.17) is 14.2 Å². The summed E-state index contributed by atoms with van der Waals surface area (Å²) in [6, 6.07) is 6.27. The maximum absolute atomic E-state index is 13.4. The Morgan fingerprint density at radius 2 is 1.73 bits per heavy atom. The number of esters is 1. The number of carbonyl (C=O) groups is 4. The molecule has 10 nitrogen and oxygen atoms in total. The van der Waals surface area contributed by atoms with Crippen LogP contribution in [-0.2, 0) is 28.5 Å². The van der Waals surface area contributed by atoms with Gasteiger partial charge in [0.2, 0.25) is 5.91 Å². The van der Waals surface area contributed by atoms with Crippen LogP contribution in [0.2, 0.25) is 0 Å². The Kier molecular flexibility index (Phi) is 8.09. The lowest BCUT2D eigenvalue weighted by molar-refractivity contribution is -0.162. The zero-order valence-electron chi connectivity index (χ0n) is 18.7. The summed E-state index contributed by atoms with van der Waals surface area (Å²) in [7, 11) is 1.19. The van der Waals surface area contributed by atoms with Crippen molar-refractivity contribution in [3.05, 3.63) is 34.3 Å². The number of Topliss-reactive ketones (excluding diaryl/α,β-unsaturated/α-hetero) is 1. The number of hydrogen-bond acceptors (Lipinski definition) is 8. The highest BCUT2D eigenvalue weighted by molar-refractivity contribution is 9.10. The topological polar surface area (TPSA) is 120 Å². The molecule has 33 heavy (non-hydrogen) atoms. The van der Waals surface area contributed by atoms with Crippen molar-refractivity contribution in [1.82, 2.24) is 10.4 Å². The summed E-state index contributed by atoms with van der Waals surface area (Å²) in [5, 5.41) is 1.12. The van der Waals surface area contributed by atoms with E-state index in [0.717, 1.165) is 9.48 Å². The molecule has 0 unspecified atom stereocenters. The fourth-order valence-corrected chi connectivity index (χ4v) is 4.27. The molecule has 0 aromatic heterocycles. The van der Waals surface area contributed by atoms with Gasteiger partial charge in [0.05, 0.1) is 32.2 Å². The normalized spacial score (nSPS) is 21.1. The largest absolute Gasteiger partial charge is 0.457 e. The SMILES string of the molecule is COC(=O)NN(C(=O)[C@H]1CC2(C[C@@H]1C(=O)OCC(=O)c1ccc(Br)cc1)OCCO2)C(C)C. The van der Waals surface area contributed by atoms with Crippen LogP contribution in [0.1, 0.15) is 37.0 Å². The molecule has 1 aliphatic carbocycles. The van der Waals surface area contributed by atoms with E-state index in [0.29, 0.717) is 18.8 Å². The number of hydrogen-bond donors (Lipinski definition) is 1. The van der Waals surface area contributed by atoms with Gasteiger partial charge in [0, 0.05) is 28.9 Å². The molecular formula is C22H27BrN2O8. The average molecular weight is 527 g/mol. The van der Waals surface area contributed by atoms with Gasteiger partial charge in [-0.05, 0) is 26.0 Å². The number of rotatable bonds is 6. The Morgan fingerprint density at radius 3 is 2.30 bits per heavy atom. The Balaban J connectivity index is 1.74. The smallest absolute Gasteiger partial charge is 0.425 e. The van der Waals surface area contributed by atoms with Crippen LogP contribution < -0.4 is 5.43 Å². The first-order valence-corrected chi connectivity index (χ1v) is 11.4. The summed E-state index contributed by atoms with van der Waals surface area (Å²) in [5.41, 5.74) is 2.79. The molecular weight excluding hydrogens is 500 g/mol. The van der Waals surface area contributed by atoms with E-state index in [9.17, 15) is 19.2 Å². The second-order valence-corrected chi connectivity index (χ2v) is 9.09. The van der Waals surface area contributed by atoms with Gasteiger partial charge in [0.1, 0.15) is 0 Å². The van der Waals surface area contributed by atoms with Crippen LogP contribution in [0.3, 0.4) is 0 Å². The van der Waals surface area contributed by atoms with Gasteiger partial charge in [-0.2, -0.15) is 0 Å². The molecule has 1 N–H and O–H groups in total. The van der Waals surface area contributed by atoms with Crippen LogP contribution >= 0.6 is 15.9 Å². The highest BCUT2D eigenvalue weighted by atomic mass is 79.9. The van der Waals surface area contributed by atoms with Gasteiger partial charge in [0.15, 0.2) is 18.2 Å². The number of amides is 2. The van der Waals surface area contributed by atoms with Crippen molar-refractivity contribution in [3.8, 4) is 0 Å². The van der Waals surface area contributed by atoms with Crippen molar-refractivity contribution in [2.45, 2.75) is 38.5 Å². The lowest BCUT2D eigenvalue weighted by Gasteiger charge is -2.30. The van der Waals surface area contributed by atoms with E-state index >= 15 is 0 Å². The summed E-state index contributed by atoms with van der Waals surface area (Å²) < 4.78 is 22.2. The van der Waals surface area contributed by atoms with E-state index < -0.39 is 48.2 Å². The Labute approximate surface area is 200 Å². The molecule has 1 heterocycles. The fourth-order valence-electron chi connectivity index (χ4n) is 4.00. The summed E-state index contributed by atoms with van der Waals surface area (Å²) >= 11 is 3.30. The third kappa shape index (κ3) is 5.90. The average Bonchev–Trinajstić information content (AvgIpc) is 3.42. The highest BCUT2D eigenvalue weighted by Crippen LogP contribution is 2.46. The number of nitrogens with one attached hydrogen (secondary N) is 1. The molecule has 2 aliphatic rings. The molecule has 3 rings (SSSR count). The Morgan fingerprint density at radius 1 is 1.12 bits per heavy atom. The van der Waals surface area contributed by atoms with Gasteiger partial charge in [-0.15, -0.1) is 0 Å². The predicted octanol–water partition coefficient (Wildman–Crippen LogP) is 2.45. The standard InChI is InChI=1S/C22H27BrN2O8/c1-13(2)25(24-21(29)30-3)19(27)16-10-22(32-8-9-33-22)11-17(16)20(28)31-12-18(26)14-4-6-15(23)7-5-14/h4-7,13,16-17H,8-12H2,1-3H3,(H,24,29)/t16-,17-/m0/s1. The Bertz CT molecular complexity index is 898. The van der Waals surface area contributed by atoms with Crippen molar-refractivity contribution in [2.24, 2.45) is 11.8 Å². The van der Waals surface area contributed by atoms with E-state index in [2.05, 4.69) is 26.1 Å². The molecule has 1 spiro atoms.